The Labute approximate surface area is 109 Å². The van der Waals surface area contributed by atoms with Crippen LogP contribution >= 0.6 is 11.8 Å². The molecule has 1 fully saturated rings. The minimum Gasteiger partial charge on any atom is -0.310 e. The van der Waals surface area contributed by atoms with Crippen molar-refractivity contribution in [3.63, 3.8) is 0 Å². The minimum absolute atomic E-state index is 0.234. The normalized spacial score (nSPS) is 21.5. The summed E-state index contributed by atoms with van der Waals surface area (Å²) in [6, 6.07) is 4.90. The van der Waals surface area contributed by atoms with Gasteiger partial charge in [-0.05, 0) is 31.0 Å². The third kappa shape index (κ3) is 4.00. The number of piperidine rings is 1. The van der Waals surface area contributed by atoms with Gasteiger partial charge in [0.05, 0.1) is 5.03 Å². The van der Waals surface area contributed by atoms with E-state index in [2.05, 4.69) is 43.2 Å². The number of thioether (sulfide) groups is 1. The second-order valence-corrected chi connectivity index (χ2v) is 7.49. The van der Waals surface area contributed by atoms with E-state index in [1.54, 1.807) is 0 Å². The van der Waals surface area contributed by atoms with E-state index in [0.29, 0.717) is 6.04 Å². The van der Waals surface area contributed by atoms with Gasteiger partial charge >= 0.3 is 0 Å². The molecule has 94 valence electrons. The van der Waals surface area contributed by atoms with Gasteiger partial charge in [-0.25, -0.2) is 4.98 Å². The van der Waals surface area contributed by atoms with Crippen LogP contribution in [0, 0.1) is 0 Å². The summed E-state index contributed by atoms with van der Waals surface area (Å²) in [5.74, 6) is 0. The van der Waals surface area contributed by atoms with E-state index in [4.69, 9.17) is 0 Å². The number of pyridine rings is 1. The summed E-state index contributed by atoms with van der Waals surface area (Å²) in [5, 5.41) is 4.68. The Morgan fingerprint density at radius 3 is 2.65 bits per heavy atom. The number of aromatic nitrogens is 1. The van der Waals surface area contributed by atoms with Crippen LogP contribution in [-0.2, 0) is 0 Å². The van der Waals surface area contributed by atoms with E-state index in [1.165, 1.54) is 24.8 Å². The summed E-state index contributed by atoms with van der Waals surface area (Å²) in [6.07, 6.45) is 5.92. The topological polar surface area (TPSA) is 24.9 Å². The summed E-state index contributed by atoms with van der Waals surface area (Å²) < 4.78 is 0.234. The number of nitrogens with one attached hydrogen (secondary N) is 1. The van der Waals surface area contributed by atoms with Crippen molar-refractivity contribution in [2.75, 3.05) is 6.54 Å². The maximum Gasteiger partial charge on any atom is 0.0965 e. The maximum atomic E-state index is 4.56. The molecule has 1 unspecified atom stereocenters. The van der Waals surface area contributed by atoms with Crippen LogP contribution in [-0.4, -0.2) is 16.3 Å². The fraction of sp³-hybridized carbons (Fsp3) is 0.643. The Morgan fingerprint density at radius 2 is 2.12 bits per heavy atom. The monoisotopic (exact) mass is 250 g/mol. The van der Waals surface area contributed by atoms with Crippen molar-refractivity contribution in [1.29, 1.82) is 0 Å². The van der Waals surface area contributed by atoms with Gasteiger partial charge in [-0.2, -0.15) is 0 Å². The minimum atomic E-state index is 0.234. The predicted octanol–water partition coefficient (Wildman–Crippen LogP) is 3.79. The van der Waals surface area contributed by atoms with Crippen molar-refractivity contribution in [3.8, 4) is 0 Å². The molecular formula is C14H22N2S. The zero-order valence-electron chi connectivity index (χ0n) is 11.0. The van der Waals surface area contributed by atoms with Crippen LogP contribution in [0.4, 0.5) is 0 Å². The first-order valence-electron chi connectivity index (χ1n) is 6.43. The van der Waals surface area contributed by atoms with Crippen LogP contribution < -0.4 is 5.32 Å². The lowest BCUT2D eigenvalue weighted by molar-refractivity contribution is 0.411. The molecule has 1 aliphatic rings. The van der Waals surface area contributed by atoms with Gasteiger partial charge in [-0.15, -0.1) is 11.8 Å². The Morgan fingerprint density at radius 1 is 1.29 bits per heavy atom. The van der Waals surface area contributed by atoms with Crippen molar-refractivity contribution in [2.45, 2.75) is 55.8 Å². The summed E-state index contributed by atoms with van der Waals surface area (Å²) in [6.45, 7) is 7.80. The number of hydrogen-bond donors (Lipinski definition) is 1. The molecule has 0 aliphatic carbocycles. The zero-order chi connectivity index (χ0) is 12.3. The van der Waals surface area contributed by atoms with Crippen LogP contribution in [0.25, 0.3) is 0 Å². The molecule has 0 aromatic carbocycles. The van der Waals surface area contributed by atoms with Crippen molar-refractivity contribution >= 4 is 11.8 Å². The van der Waals surface area contributed by atoms with Gasteiger partial charge in [0.2, 0.25) is 0 Å². The smallest absolute Gasteiger partial charge is 0.0965 e. The van der Waals surface area contributed by atoms with E-state index in [-0.39, 0.29) is 4.75 Å². The number of hydrogen-bond acceptors (Lipinski definition) is 3. The average Bonchev–Trinajstić information content (AvgIpc) is 2.29. The first-order chi connectivity index (χ1) is 8.04. The highest BCUT2D eigenvalue weighted by molar-refractivity contribution is 8.00. The summed E-state index contributed by atoms with van der Waals surface area (Å²) >= 11 is 1.82. The third-order valence-corrected chi connectivity index (χ3v) is 3.95. The Kier molecular flexibility index (Phi) is 4.10. The fourth-order valence-corrected chi connectivity index (χ4v) is 2.98. The Bertz CT molecular complexity index is 347. The van der Waals surface area contributed by atoms with E-state index in [9.17, 15) is 0 Å². The number of nitrogens with zero attached hydrogens (tertiary/aromatic N) is 1. The highest BCUT2D eigenvalue weighted by Crippen LogP contribution is 2.31. The lowest BCUT2D eigenvalue weighted by Crippen LogP contribution is -2.26. The SMILES string of the molecule is CC(C)(C)Sc1ccc(C2CCCCN2)cn1. The fourth-order valence-electron chi connectivity index (χ4n) is 2.11. The molecule has 1 aromatic rings. The first kappa shape index (κ1) is 12.9. The van der Waals surface area contributed by atoms with Crippen molar-refractivity contribution in [2.24, 2.45) is 0 Å². The Hall–Kier alpha value is -0.540. The zero-order valence-corrected chi connectivity index (χ0v) is 11.8. The molecule has 3 heteroatoms. The van der Waals surface area contributed by atoms with Crippen molar-refractivity contribution in [1.82, 2.24) is 10.3 Å². The van der Waals surface area contributed by atoms with Gasteiger partial charge < -0.3 is 5.32 Å². The lowest BCUT2D eigenvalue weighted by Gasteiger charge is -2.24. The molecule has 0 radical (unpaired) electrons. The van der Waals surface area contributed by atoms with Crippen LogP contribution in [0.2, 0.25) is 0 Å². The number of rotatable bonds is 2. The lowest BCUT2D eigenvalue weighted by atomic mass is 9.99. The molecule has 0 spiro atoms. The molecule has 1 aliphatic heterocycles. The Balaban J connectivity index is 2.02. The average molecular weight is 250 g/mol. The first-order valence-corrected chi connectivity index (χ1v) is 7.25. The molecule has 2 rings (SSSR count). The van der Waals surface area contributed by atoms with E-state index in [1.807, 2.05) is 18.0 Å². The molecular weight excluding hydrogens is 228 g/mol. The quantitative estimate of drug-likeness (QED) is 0.808. The summed E-state index contributed by atoms with van der Waals surface area (Å²) in [4.78, 5) is 4.56. The van der Waals surface area contributed by atoms with Gasteiger partial charge in [-0.3, -0.25) is 0 Å². The highest BCUT2D eigenvalue weighted by Gasteiger charge is 2.16. The van der Waals surface area contributed by atoms with Gasteiger partial charge in [-0.1, -0.05) is 33.3 Å². The molecule has 0 saturated carbocycles. The largest absolute Gasteiger partial charge is 0.310 e. The molecule has 1 atom stereocenters. The second-order valence-electron chi connectivity index (χ2n) is 5.65. The molecule has 0 bridgehead atoms. The van der Waals surface area contributed by atoms with Gasteiger partial charge in [0, 0.05) is 17.0 Å². The maximum absolute atomic E-state index is 4.56. The van der Waals surface area contributed by atoms with Crippen molar-refractivity contribution in [3.05, 3.63) is 23.9 Å². The molecule has 1 N–H and O–H groups in total. The third-order valence-electron chi connectivity index (χ3n) is 2.88. The molecule has 1 saturated heterocycles. The van der Waals surface area contributed by atoms with Gasteiger partial charge in [0.25, 0.3) is 0 Å². The van der Waals surface area contributed by atoms with Crippen molar-refractivity contribution < 1.29 is 0 Å². The van der Waals surface area contributed by atoms with Gasteiger partial charge in [0.15, 0.2) is 0 Å². The summed E-state index contributed by atoms with van der Waals surface area (Å²) in [7, 11) is 0. The molecule has 0 amide bonds. The molecule has 1 aromatic heterocycles. The predicted molar refractivity (Wildman–Crippen MR) is 74.4 cm³/mol. The standard InChI is InChI=1S/C14H22N2S/c1-14(2,3)17-13-8-7-11(10-16-13)12-6-4-5-9-15-12/h7-8,10,12,15H,4-6,9H2,1-3H3. The van der Waals surface area contributed by atoms with Crippen LogP contribution in [0.1, 0.15) is 51.6 Å². The highest BCUT2D eigenvalue weighted by atomic mass is 32.2. The van der Waals surface area contributed by atoms with E-state index in [0.717, 1.165) is 11.6 Å². The summed E-state index contributed by atoms with van der Waals surface area (Å²) in [5.41, 5.74) is 1.34. The van der Waals surface area contributed by atoms with E-state index >= 15 is 0 Å². The van der Waals surface area contributed by atoms with Crippen LogP contribution in [0.15, 0.2) is 23.4 Å². The molecule has 2 heterocycles. The van der Waals surface area contributed by atoms with E-state index < -0.39 is 0 Å². The van der Waals surface area contributed by atoms with Crippen LogP contribution in [0.5, 0.6) is 0 Å². The molecule has 17 heavy (non-hydrogen) atoms. The molecule has 2 nitrogen and oxygen atoms in total. The van der Waals surface area contributed by atoms with Gasteiger partial charge in [0.1, 0.15) is 0 Å². The second kappa shape index (κ2) is 5.40. The van der Waals surface area contributed by atoms with Crippen LogP contribution in [0.3, 0.4) is 0 Å².